The highest BCUT2D eigenvalue weighted by atomic mass is 16.6. The predicted molar refractivity (Wildman–Crippen MR) is 91.9 cm³/mol. The minimum Gasteiger partial charge on any atom is -0.311 e. The van der Waals surface area contributed by atoms with Gasteiger partial charge in [-0.3, -0.25) is 14.9 Å². The van der Waals surface area contributed by atoms with Gasteiger partial charge in [0.25, 0.3) is 5.69 Å². The molecular formula is C18H19N3O3. The molecule has 0 fully saturated rings. The van der Waals surface area contributed by atoms with Crippen molar-refractivity contribution in [2.24, 2.45) is 0 Å². The van der Waals surface area contributed by atoms with Gasteiger partial charge in [0, 0.05) is 37.0 Å². The Kier molecular flexibility index (Phi) is 4.57. The molecule has 0 saturated carbocycles. The molecule has 0 spiro atoms. The Bertz CT molecular complexity index is 776. The highest BCUT2D eigenvalue weighted by Crippen LogP contribution is 2.26. The van der Waals surface area contributed by atoms with Crippen LogP contribution in [0.4, 0.5) is 11.4 Å². The van der Waals surface area contributed by atoms with E-state index in [9.17, 15) is 14.9 Å². The summed E-state index contributed by atoms with van der Waals surface area (Å²) in [5, 5.41) is 11.1. The van der Waals surface area contributed by atoms with Gasteiger partial charge < -0.3 is 9.80 Å². The maximum Gasteiger partial charge on any atom is 0.273 e. The number of amides is 1. The number of rotatable bonds is 3. The van der Waals surface area contributed by atoms with Crippen molar-refractivity contribution in [2.45, 2.75) is 13.0 Å². The topological polar surface area (TPSA) is 66.7 Å². The fourth-order valence-electron chi connectivity index (χ4n) is 3.02. The van der Waals surface area contributed by atoms with E-state index in [0.29, 0.717) is 12.1 Å². The number of carbonyl (C=O) groups is 1. The molecule has 0 aromatic heterocycles. The van der Waals surface area contributed by atoms with Crippen LogP contribution >= 0.6 is 0 Å². The smallest absolute Gasteiger partial charge is 0.273 e. The van der Waals surface area contributed by atoms with E-state index in [2.05, 4.69) is 4.90 Å². The number of benzene rings is 2. The number of carbonyl (C=O) groups excluding carboxylic acids is 1. The third-order valence-electron chi connectivity index (χ3n) is 4.26. The van der Waals surface area contributed by atoms with Crippen molar-refractivity contribution in [1.29, 1.82) is 0 Å². The van der Waals surface area contributed by atoms with E-state index in [-0.39, 0.29) is 18.0 Å². The molecule has 0 aliphatic carbocycles. The molecule has 2 aromatic carbocycles. The molecule has 0 N–H and O–H groups in total. The summed E-state index contributed by atoms with van der Waals surface area (Å²) in [7, 11) is 2.02. The molecule has 3 rings (SSSR count). The van der Waals surface area contributed by atoms with E-state index in [1.165, 1.54) is 6.07 Å². The van der Waals surface area contributed by atoms with Gasteiger partial charge in [0.1, 0.15) is 0 Å². The second kappa shape index (κ2) is 6.80. The van der Waals surface area contributed by atoms with Crippen LogP contribution in [0.5, 0.6) is 0 Å². The van der Waals surface area contributed by atoms with Crippen molar-refractivity contribution in [2.75, 3.05) is 25.0 Å². The summed E-state index contributed by atoms with van der Waals surface area (Å²) in [5.41, 5.74) is 2.42. The molecule has 0 unspecified atom stereocenters. The van der Waals surface area contributed by atoms with E-state index in [4.69, 9.17) is 0 Å². The maximum atomic E-state index is 12.8. The molecule has 24 heavy (non-hydrogen) atoms. The summed E-state index contributed by atoms with van der Waals surface area (Å²) in [6.45, 7) is 2.12. The number of nitrogens with zero attached hydrogens (tertiary/aromatic N) is 3. The van der Waals surface area contributed by atoms with Crippen LogP contribution in [0.2, 0.25) is 0 Å². The molecule has 0 bridgehead atoms. The first-order valence-corrected chi connectivity index (χ1v) is 7.85. The Hall–Kier alpha value is -2.73. The number of nitro benzene ring substituents is 1. The molecular weight excluding hydrogens is 306 g/mol. The van der Waals surface area contributed by atoms with Gasteiger partial charge in [-0.15, -0.1) is 0 Å². The fraction of sp³-hybridized carbons (Fsp3) is 0.278. The molecule has 1 heterocycles. The van der Waals surface area contributed by atoms with Gasteiger partial charge in [-0.05, 0) is 18.7 Å². The van der Waals surface area contributed by atoms with Crippen LogP contribution < -0.4 is 4.90 Å². The van der Waals surface area contributed by atoms with Crippen molar-refractivity contribution in [3.63, 3.8) is 0 Å². The average molecular weight is 325 g/mol. The third-order valence-corrected chi connectivity index (χ3v) is 4.26. The van der Waals surface area contributed by atoms with Crippen LogP contribution in [-0.4, -0.2) is 35.9 Å². The molecule has 1 aliphatic heterocycles. The standard InChI is InChI=1S/C18H19N3O3/c1-19-10-11-20(16-8-4-3-7-15(16)13-19)18(22)12-14-6-2-5-9-17(14)21(23)24/h2-9H,10-13H2,1H3. The van der Waals surface area contributed by atoms with E-state index in [1.54, 1.807) is 23.1 Å². The fourth-order valence-corrected chi connectivity index (χ4v) is 3.02. The summed E-state index contributed by atoms with van der Waals surface area (Å²) in [5.74, 6) is -0.118. The van der Waals surface area contributed by atoms with Crippen molar-refractivity contribution >= 4 is 17.3 Å². The van der Waals surface area contributed by atoms with E-state index in [1.807, 2.05) is 31.3 Å². The lowest BCUT2D eigenvalue weighted by atomic mass is 10.1. The Balaban J connectivity index is 1.89. The number of anilines is 1. The largest absolute Gasteiger partial charge is 0.311 e. The Labute approximate surface area is 140 Å². The third kappa shape index (κ3) is 3.28. The van der Waals surface area contributed by atoms with Gasteiger partial charge >= 0.3 is 0 Å². The van der Waals surface area contributed by atoms with Gasteiger partial charge in [-0.25, -0.2) is 0 Å². The highest BCUT2D eigenvalue weighted by molar-refractivity contribution is 5.96. The molecule has 0 radical (unpaired) electrons. The number of hydrogen-bond donors (Lipinski definition) is 0. The maximum absolute atomic E-state index is 12.8. The number of para-hydroxylation sites is 2. The van der Waals surface area contributed by atoms with Crippen LogP contribution in [0.15, 0.2) is 48.5 Å². The average Bonchev–Trinajstić information content (AvgIpc) is 2.73. The van der Waals surface area contributed by atoms with E-state index >= 15 is 0 Å². The summed E-state index contributed by atoms with van der Waals surface area (Å²) >= 11 is 0. The first-order valence-electron chi connectivity index (χ1n) is 7.85. The Morgan fingerprint density at radius 2 is 1.83 bits per heavy atom. The van der Waals surface area contributed by atoms with Crippen LogP contribution in [-0.2, 0) is 17.8 Å². The first-order chi connectivity index (χ1) is 11.6. The lowest BCUT2D eigenvalue weighted by Crippen LogP contribution is -2.36. The summed E-state index contributed by atoms with van der Waals surface area (Å²) in [4.78, 5) is 27.5. The normalized spacial score (nSPS) is 14.8. The number of hydrogen-bond acceptors (Lipinski definition) is 4. The molecule has 6 heteroatoms. The zero-order valence-corrected chi connectivity index (χ0v) is 13.5. The van der Waals surface area contributed by atoms with Crippen molar-refractivity contribution < 1.29 is 9.72 Å². The quantitative estimate of drug-likeness (QED) is 0.643. The second-order valence-electron chi connectivity index (χ2n) is 5.97. The zero-order valence-electron chi connectivity index (χ0n) is 13.5. The molecule has 1 aliphatic rings. The zero-order chi connectivity index (χ0) is 17.1. The lowest BCUT2D eigenvalue weighted by molar-refractivity contribution is -0.385. The van der Waals surface area contributed by atoms with Gasteiger partial charge in [0.2, 0.25) is 5.91 Å². The van der Waals surface area contributed by atoms with Crippen molar-refractivity contribution in [3.05, 3.63) is 69.8 Å². The number of nitro groups is 1. The molecule has 0 saturated heterocycles. The minimum absolute atomic E-state index is 0.00826. The summed E-state index contributed by atoms with van der Waals surface area (Å²) in [6.07, 6.45) is 0.0230. The molecule has 1 amide bonds. The molecule has 2 aromatic rings. The predicted octanol–water partition coefficient (Wildman–Crippen LogP) is 2.62. The molecule has 0 atom stereocenters. The van der Waals surface area contributed by atoms with Gasteiger partial charge in [0.15, 0.2) is 0 Å². The molecule has 6 nitrogen and oxygen atoms in total. The van der Waals surface area contributed by atoms with E-state index < -0.39 is 4.92 Å². The lowest BCUT2D eigenvalue weighted by Gasteiger charge is -2.22. The second-order valence-corrected chi connectivity index (χ2v) is 5.97. The van der Waals surface area contributed by atoms with Crippen molar-refractivity contribution in [3.8, 4) is 0 Å². The van der Waals surface area contributed by atoms with Crippen LogP contribution in [0.25, 0.3) is 0 Å². The van der Waals surface area contributed by atoms with Gasteiger partial charge in [0.05, 0.1) is 11.3 Å². The van der Waals surface area contributed by atoms with E-state index in [0.717, 1.165) is 24.3 Å². The minimum atomic E-state index is -0.438. The van der Waals surface area contributed by atoms with Gasteiger partial charge in [-0.1, -0.05) is 36.4 Å². The monoisotopic (exact) mass is 325 g/mol. The van der Waals surface area contributed by atoms with Gasteiger partial charge in [-0.2, -0.15) is 0 Å². The summed E-state index contributed by atoms with van der Waals surface area (Å²) < 4.78 is 0. The summed E-state index contributed by atoms with van der Waals surface area (Å²) in [6, 6.07) is 14.2. The van der Waals surface area contributed by atoms with Crippen LogP contribution in [0.1, 0.15) is 11.1 Å². The number of likely N-dealkylation sites (N-methyl/N-ethyl adjacent to an activating group) is 1. The molecule has 124 valence electrons. The van der Waals surface area contributed by atoms with Crippen LogP contribution in [0.3, 0.4) is 0 Å². The SMILES string of the molecule is CN1CCN(C(=O)Cc2ccccc2[N+](=O)[O-])c2ccccc2C1. The Morgan fingerprint density at radius 1 is 1.12 bits per heavy atom. The highest BCUT2D eigenvalue weighted by Gasteiger charge is 2.24. The van der Waals surface area contributed by atoms with Crippen LogP contribution in [0, 0.1) is 10.1 Å². The first kappa shape index (κ1) is 16.1. The Morgan fingerprint density at radius 3 is 2.62 bits per heavy atom. The number of fused-ring (bicyclic) bond motifs is 1. The van der Waals surface area contributed by atoms with Crippen molar-refractivity contribution in [1.82, 2.24) is 4.90 Å².